The molecule has 2 aromatic heterocycles. The molecule has 1 aliphatic carbocycles. The van der Waals surface area contributed by atoms with Crippen LogP contribution < -0.4 is 0 Å². The summed E-state index contributed by atoms with van der Waals surface area (Å²) in [4.78, 5) is 12.3. The first-order valence-corrected chi connectivity index (χ1v) is 6.23. The van der Waals surface area contributed by atoms with Crippen molar-refractivity contribution in [2.75, 3.05) is 0 Å². The van der Waals surface area contributed by atoms with E-state index >= 15 is 0 Å². The van der Waals surface area contributed by atoms with Gasteiger partial charge in [-0.1, -0.05) is 23.8 Å². The van der Waals surface area contributed by atoms with E-state index in [1.165, 1.54) is 6.42 Å². The summed E-state index contributed by atoms with van der Waals surface area (Å²) in [6.45, 7) is 0. The highest BCUT2D eigenvalue weighted by atomic mass is 35.5. The number of imidazole rings is 1. The van der Waals surface area contributed by atoms with Crippen molar-refractivity contribution in [3.8, 4) is 0 Å². The summed E-state index contributed by atoms with van der Waals surface area (Å²) < 4.78 is 2.00. The second-order valence-electron chi connectivity index (χ2n) is 4.03. The lowest BCUT2D eigenvalue weighted by Crippen LogP contribution is -2.08. The van der Waals surface area contributed by atoms with Crippen molar-refractivity contribution in [3.63, 3.8) is 0 Å². The number of rotatable bonds is 1. The van der Waals surface area contributed by atoms with Crippen molar-refractivity contribution in [1.29, 1.82) is 0 Å². The number of fused-ring (bicyclic) bond motifs is 1. The highest BCUT2D eigenvalue weighted by Crippen LogP contribution is 2.28. The first-order valence-electron chi connectivity index (χ1n) is 5.48. The second kappa shape index (κ2) is 4.27. The maximum absolute atomic E-state index is 5.99. The average Bonchev–Trinajstić information content (AvgIpc) is 2.74. The van der Waals surface area contributed by atoms with Gasteiger partial charge in [-0.15, -0.1) is 0 Å². The Morgan fingerprint density at radius 1 is 1.29 bits per heavy atom. The zero-order valence-electron chi connectivity index (χ0n) is 8.98. The van der Waals surface area contributed by atoms with Gasteiger partial charge in [-0.25, -0.2) is 9.97 Å². The van der Waals surface area contributed by atoms with Crippen LogP contribution in [0.5, 0.6) is 0 Å². The van der Waals surface area contributed by atoms with Gasteiger partial charge >= 0.3 is 0 Å². The van der Waals surface area contributed by atoms with Crippen LogP contribution in [-0.4, -0.2) is 19.5 Å². The molecule has 2 heterocycles. The highest BCUT2D eigenvalue weighted by Gasteiger charge is 2.17. The van der Waals surface area contributed by atoms with Crippen LogP contribution in [0.2, 0.25) is 10.4 Å². The van der Waals surface area contributed by atoms with Gasteiger partial charge in [-0.2, -0.15) is 4.98 Å². The Labute approximate surface area is 108 Å². The van der Waals surface area contributed by atoms with E-state index in [9.17, 15) is 0 Å². The monoisotopic (exact) mass is 268 g/mol. The van der Waals surface area contributed by atoms with Crippen LogP contribution in [0, 0.1) is 0 Å². The summed E-state index contributed by atoms with van der Waals surface area (Å²) in [5, 5.41) is 0.461. The molecule has 1 unspecified atom stereocenters. The third-order valence-corrected chi connectivity index (χ3v) is 3.37. The summed E-state index contributed by atoms with van der Waals surface area (Å²) in [7, 11) is 0. The minimum absolute atomic E-state index is 0.157. The second-order valence-corrected chi connectivity index (χ2v) is 4.73. The largest absolute Gasteiger partial charge is 0.308 e. The van der Waals surface area contributed by atoms with Crippen molar-refractivity contribution in [2.45, 2.75) is 25.3 Å². The van der Waals surface area contributed by atoms with Crippen LogP contribution in [0.3, 0.4) is 0 Å². The predicted octanol–water partition coefficient (Wildman–Crippen LogP) is 3.41. The molecule has 0 fully saturated rings. The Morgan fingerprint density at radius 2 is 2.18 bits per heavy atom. The van der Waals surface area contributed by atoms with E-state index in [4.69, 9.17) is 23.2 Å². The zero-order chi connectivity index (χ0) is 11.8. The standard InChI is InChI=1S/C11H10Cl2N4/c12-9-8-10(16-11(13)15-9)17(6-14-8)7-4-2-1-3-5-7/h2,4,6-7H,1,3,5H2. The van der Waals surface area contributed by atoms with Crippen LogP contribution in [0.15, 0.2) is 18.5 Å². The van der Waals surface area contributed by atoms with Crippen molar-refractivity contribution in [3.05, 3.63) is 28.9 Å². The van der Waals surface area contributed by atoms with E-state index in [0.717, 1.165) is 12.8 Å². The normalized spacial score (nSPS) is 20.0. The van der Waals surface area contributed by atoms with E-state index in [0.29, 0.717) is 16.3 Å². The highest BCUT2D eigenvalue weighted by molar-refractivity contribution is 6.35. The van der Waals surface area contributed by atoms with Gasteiger partial charge in [0.25, 0.3) is 0 Å². The van der Waals surface area contributed by atoms with Gasteiger partial charge in [0, 0.05) is 0 Å². The molecule has 4 nitrogen and oxygen atoms in total. The van der Waals surface area contributed by atoms with Gasteiger partial charge < -0.3 is 4.57 Å². The minimum Gasteiger partial charge on any atom is -0.308 e. The fourth-order valence-corrected chi connectivity index (χ4v) is 2.55. The summed E-state index contributed by atoms with van der Waals surface area (Å²) in [5.74, 6) is 0. The SMILES string of the molecule is Clc1nc(Cl)c2ncn(C3C=CCCC3)c2n1. The Hall–Kier alpha value is -1.13. The van der Waals surface area contributed by atoms with Gasteiger partial charge in [0.15, 0.2) is 10.8 Å². The molecule has 88 valence electrons. The molecule has 0 N–H and O–H groups in total. The van der Waals surface area contributed by atoms with Crippen LogP contribution in [0.25, 0.3) is 11.2 Å². The van der Waals surface area contributed by atoms with E-state index in [-0.39, 0.29) is 11.3 Å². The van der Waals surface area contributed by atoms with E-state index in [1.807, 2.05) is 4.57 Å². The maximum atomic E-state index is 5.99. The Kier molecular flexibility index (Phi) is 2.76. The number of nitrogens with zero attached hydrogens (tertiary/aromatic N) is 4. The van der Waals surface area contributed by atoms with E-state index < -0.39 is 0 Å². The molecule has 0 radical (unpaired) electrons. The van der Waals surface area contributed by atoms with Gasteiger partial charge in [-0.05, 0) is 30.9 Å². The minimum atomic E-state index is 0.157. The smallest absolute Gasteiger partial charge is 0.225 e. The zero-order valence-corrected chi connectivity index (χ0v) is 10.5. The molecule has 0 bridgehead atoms. The van der Waals surface area contributed by atoms with Crippen molar-refractivity contribution in [2.24, 2.45) is 0 Å². The van der Waals surface area contributed by atoms with Crippen LogP contribution >= 0.6 is 23.2 Å². The maximum Gasteiger partial charge on any atom is 0.225 e. The third-order valence-electron chi connectivity index (χ3n) is 2.94. The molecule has 0 spiro atoms. The number of allylic oxidation sites excluding steroid dienone is 2. The predicted molar refractivity (Wildman–Crippen MR) is 67.4 cm³/mol. The van der Waals surface area contributed by atoms with Gasteiger partial charge in [0.1, 0.15) is 5.52 Å². The lowest BCUT2D eigenvalue weighted by molar-refractivity contribution is 0.525. The topological polar surface area (TPSA) is 43.6 Å². The van der Waals surface area contributed by atoms with Crippen LogP contribution in [0.1, 0.15) is 25.3 Å². The molecule has 0 aromatic carbocycles. The first-order chi connectivity index (χ1) is 8.25. The fraction of sp³-hybridized carbons (Fsp3) is 0.364. The quantitative estimate of drug-likeness (QED) is 0.452. The van der Waals surface area contributed by atoms with E-state index in [1.54, 1.807) is 6.33 Å². The number of hydrogen-bond acceptors (Lipinski definition) is 3. The van der Waals surface area contributed by atoms with Crippen LogP contribution in [-0.2, 0) is 0 Å². The molecular weight excluding hydrogens is 259 g/mol. The summed E-state index contributed by atoms with van der Waals surface area (Å²) in [5.41, 5.74) is 1.31. The third kappa shape index (κ3) is 1.91. The van der Waals surface area contributed by atoms with Crippen LogP contribution in [0.4, 0.5) is 0 Å². The molecular formula is C11H10Cl2N4. The van der Waals surface area contributed by atoms with Gasteiger partial charge in [0.05, 0.1) is 12.4 Å². The Balaban J connectivity index is 2.17. The molecule has 2 aromatic rings. The summed E-state index contributed by atoms with van der Waals surface area (Å²) in [6, 6.07) is 0.288. The molecule has 3 rings (SSSR count). The summed E-state index contributed by atoms with van der Waals surface area (Å²) in [6.07, 6.45) is 9.51. The molecule has 17 heavy (non-hydrogen) atoms. The Morgan fingerprint density at radius 3 is 2.94 bits per heavy atom. The number of aromatic nitrogens is 4. The molecule has 1 aliphatic rings. The van der Waals surface area contributed by atoms with Crippen molar-refractivity contribution < 1.29 is 0 Å². The van der Waals surface area contributed by atoms with E-state index in [2.05, 4.69) is 27.1 Å². The van der Waals surface area contributed by atoms with Crippen molar-refractivity contribution >= 4 is 34.4 Å². The number of halogens is 2. The first kappa shape index (κ1) is 11.0. The molecule has 0 amide bonds. The molecule has 1 atom stereocenters. The average molecular weight is 269 g/mol. The molecule has 0 saturated heterocycles. The lowest BCUT2D eigenvalue weighted by Gasteiger charge is -2.17. The number of hydrogen-bond donors (Lipinski definition) is 0. The molecule has 0 aliphatic heterocycles. The Bertz CT molecular complexity index is 590. The summed E-state index contributed by atoms with van der Waals surface area (Å²) >= 11 is 11.8. The van der Waals surface area contributed by atoms with Gasteiger partial charge in [0.2, 0.25) is 5.28 Å². The van der Waals surface area contributed by atoms with Crippen molar-refractivity contribution in [1.82, 2.24) is 19.5 Å². The van der Waals surface area contributed by atoms with Gasteiger partial charge in [-0.3, -0.25) is 0 Å². The molecule has 0 saturated carbocycles. The molecule has 6 heteroatoms. The fourth-order valence-electron chi connectivity index (χ4n) is 2.13. The lowest BCUT2D eigenvalue weighted by atomic mass is 10.0.